The molecule has 0 aliphatic carbocycles. The van der Waals surface area contributed by atoms with E-state index in [0.29, 0.717) is 34.8 Å². The predicted molar refractivity (Wildman–Crippen MR) is 126 cm³/mol. The minimum absolute atomic E-state index is 0. The van der Waals surface area contributed by atoms with Crippen LogP contribution in [0.5, 0.6) is 0 Å². The highest BCUT2D eigenvalue weighted by Crippen LogP contribution is 2.20. The number of hydrogen-bond acceptors (Lipinski definition) is 6. The summed E-state index contributed by atoms with van der Waals surface area (Å²) in [6.07, 6.45) is 3.42. The number of nitrogens with one attached hydrogen (secondary N) is 2. The molecule has 0 bridgehead atoms. The molecule has 0 radical (unpaired) electrons. The third-order valence-electron chi connectivity index (χ3n) is 4.19. The van der Waals surface area contributed by atoms with Crippen LogP contribution >= 0.6 is 35.6 Å². The third-order valence-corrected chi connectivity index (χ3v) is 4.43. The van der Waals surface area contributed by atoms with Crippen molar-refractivity contribution in [1.29, 1.82) is 0 Å². The fraction of sp³-hybridized carbons (Fsp3) is 0.368. The molecule has 0 fully saturated rings. The van der Waals surface area contributed by atoms with Crippen molar-refractivity contribution < 1.29 is 9.63 Å². The molecule has 0 spiro atoms. The molecule has 1 atom stereocenters. The Morgan fingerprint density at radius 2 is 2.17 bits per heavy atom. The molecule has 1 unspecified atom stereocenters. The van der Waals surface area contributed by atoms with Crippen molar-refractivity contribution in [3.05, 3.63) is 53.1 Å². The summed E-state index contributed by atoms with van der Waals surface area (Å²) in [5.41, 5.74) is 0.384. The van der Waals surface area contributed by atoms with Crippen molar-refractivity contribution in [3.63, 3.8) is 0 Å². The van der Waals surface area contributed by atoms with Crippen LogP contribution in [0, 0.1) is 0 Å². The zero-order chi connectivity index (χ0) is 20.9. The normalized spacial score (nSPS) is 13.4. The van der Waals surface area contributed by atoms with Gasteiger partial charge in [-0.15, -0.1) is 24.0 Å². The number of aromatic nitrogens is 4. The Balaban J connectivity index is 0.00000320. The molecule has 0 saturated carbocycles. The number of halogens is 2. The number of aliphatic imine (C=N–C) groups is 1. The molecule has 9 nitrogen and oxygen atoms in total. The van der Waals surface area contributed by atoms with Crippen LogP contribution in [-0.4, -0.2) is 44.1 Å². The largest absolute Gasteiger partial charge is 0.383 e. The highest BCUT2D eigenvalue weighted by atomic mass is 127. The van der Waals surface area contributed by atoms with Crippen LogP contribution in [0.3, 0.4) is 0 Å². The molecule has 1 aromatic carbocycles. The second-order valence-corrected chi connectivity index (χ2v) is 7.18. The number of benzene rings is 1. The van der Waals surface area contributed by atoms with Gasteiger partial charge in [0.15, 0.2) is 5.96 Å². The summed E-state index contributed by atoms with van der Waals surface area (Å²) in [7, 11) is 1.81. The molecule has 0 amide bonds. The Bertz CT molecular complexity index is 987. The first kappa shape index (κ1) is 24.1. The van der Waals surface area contributed by atoms with Crippen molar-refractivity contribution in [1.82, 2.24) is 30.6 Å². The van der Waals surface area contributed by atoms with Crippen LogP contribution in [0.1, 0.15) is 25.3 Å². The lowest BCUT2D eigenvalue weighted by Crippen LogP contribution is -2.44. The number of hydrogen-bond donors (Lipinski definition) is 3. The Morgan fingerprint density at radius 1 is 1.37 bits per heavy atom. The van der Waals surface area contributed by atoms with Gasteiger partial charge in [-0.25, -0.2) is 4.99 Å². The zero-order valence-electron chi connectivity index (χ0n) is 17.0. The number of rotatable bonds is 7. The standard InChI is InChI=1S/C19H24ClN7O2.HI/c1-4-21-18(23-12-19(2,28)14-9-24-27(3)11-14)22-10-16-25-17(26-29-16)13-6-5-7-15(20)8-13;/h5-9,11,28H,4,10,12H2,1-3H3,(H2,21,22,23);1H. The van der Waals surface area contributed by atoms with Gasteiger partial charge in [0.2, 0.25) is 11.7 Å². The molecule has 3 N–H and O–H groups in total. The van der Waals surface area contributed by atoms with E-state index in [1.807, 2.05) is 19.1 Å². The lowest BCUT2D eigenvalue weighted by Gasteiger charge is -2.23. The van der Waals surface area contributed by atoms with Crippen molar-refractivity contribution in [2.75, 3.05) is 13.1 Å². The maximum atomic E-state index is 10.7. The first-order chi connectivity index (χ1) is 13.9. The third kappa shape index (κ3) is 6.41. The van der Waals surface area contributed by atoms with E-state index >= 15 is 0 Å². The van der Waals surface area contributed by atoms with E-state index in [4.69, 9.17) is 16.1 Å². The Hall–Kier alpha value is -2.18. The van der Waals surface area contributed by atoms with E-state index < -0.39 is 5.60 Å². The molecule has 11 heteroatoms. The minimum Gasteiger partial charge on any atom is -0.383 e. The summed E-state index contributed by atoms with van der Waals surface area (Å²) in [6.45, 7) is 4.79. The predicted octanol–water partition coefficient (Wildman–Crippen LogP) is 2.70. The van der Waals surface area contributed by atoms with Gasteiger partial charge in [-0.05, 0) is 26.0 Å². The molecular formula is C19H25ClIN7O2. The maximum Gasteiger partial charge on any atom is 0.248 e. The summed E-state index contributed by atoms with van der Waals surface area (Å²) in [4.78, 5) is 8.80. The zero-order valence-corrected chi connectivity index (χ0v) is 20.0. The van der Waals surface area contributed by atoms with Crippen molar-refractivity contribution in [2.45, 2.75) is 26.0 Å². The Labute approximate surface area is 196 Å². The van der Waals surface area contributed by atoms with E-state index in [1.54, 1.807) is 43.2 Å². The van der Waals surface area contributed by atoms with E-state index in [2.05, 4.69) is 30.9 Å². The van der Waals surface area contributed by atoms with Gasteiger partial charge >= 0.3 is 0 Å². The van der Waals surface area contributed by atoms with Gasteiger partial charge in [-0.2, -0.15) is 10.1 Å². The quantitative estimate of drug-likeness (QED) is 0.238. The van der Waals surface area contributed by atoms with Crippen LogP contribution in [-0.2, 0) is 19.2 Å². The first-order valence-electron chi connectivity index (χ1n) is 9.19. The minimum atomic E-state index is -1.10. The van der Waals surface area contributed by atoms with Crippen molar-refractivity contribution in [2.24, 2.45) is 12.0 Å². The molecule has 3 aromatic rings. The molecule has 0 aliphatic heterocycles. The van der Waals surface area contributed by atoms with Crippen LogP contribution in [0.15, 0.2) is 46.2 Å². The van der Waals surface area contributed by atoms with E-state index in [1.165, 1.54) is 0 Å². The fourth-order valence-corrected chi connectivity index (χ4v) is 2.80. The number of guanidine groups is 1. The van der Waals surface area contributed by atoms with Gasteiger partial charge in [0.05, 0.1) is 12.7 Å². The summed E-state index contributed by atoms with van der Waals surface area (Å²) in [5, 5.41) is 25.6. The summed E-state index contributed by atoms with van der Waals surface area (Å²) in [5.74, 6) is 1.35. The topological polar surface area (TPSA) is 113 Å². The summed E-state index contributed by atoms with van der Waals surface area (Å²) >= 11 is 6.01. The molecule has 0 saturated heterocycles. The second kappa shape index (κ2) is 10.7. The van der Waals surface area contributed by atoms with Gasteiger partial charge < -0.3 is 20.3 Å². The maximum absolute atomic E-state index is 10.7. The van der Waals surface area contributed by atoms with E-state index in [-0.39, 0.29) is 37.1 Å². The summed E-state index contributed by atoms with van der Waals surface area (Å²) in [6, 6.07) is 7.24. The SMILES string of the molecule is CCNC(=NCc1nc(-c2cccc(Cl)c2)no1)NCC(C)(O)c1cnn(C)c1.I. The number of aliphatic hydroxyl groups is 1. The summed E-state index contributed by atoms with van der Waals surface area (Å²) < 4.78 is 6.93. The van der Waals surface area contributed by atoms with E-state index in [0.717, 1.165) is 5.56 Å². The van der Waals surface area contributed by atoms with Crippen molar-refractivity contribution in [3.8, 4) is 11.4 Å². The first-order valence-corrected chi connectivity index (χ1v) is 9.57. The highest BCUT2D eigenvalue weighted by molar-refractivity contribution is 14.0. The number of nitrogens with zero attached hydrogens (tertiary/aromatic N) is 5. The molecule has 0 aliphatic rings. The lowest BCUT2D eigenvalue weighted by molar-refractivity contribution is 0.0616. The van der Waals surface area contributed by atoms with E-state index in [9.17, 15) is 5.11 Å². The highest BCUT2D eigenvalue weighted by Gasteiger charge is 2.25. The molecule has 162 valence electrons. The lowest BCUT2D eigenvalue weighted by atomic mass is 10.00. The van der Waals surface area contributed by atoms with Crippen LogP contribution in [0.4, 0.5) is 0 Å². The monoisotopic (exact) mass is 545 g/mol. The molecule has 2 aromatic heterocycles. The molecular weight excluding hydrogens is 521 g/mol. The second-order valence-electron chi connectivity index (χ2n) is 6.75. The van der Waals surface area contributed by atoms with Gasteiger partial charge in [0.25, 0.3) is 0 Å². The average molecular weight is 546 g/mol. The fourth-order valence-electron chi connectivity index (χ4n) is 2.61. The van der Waals surface area contributed by atoms with Gasteiger partial charge in [-0.1, -0.05) is 28.9 Å². The van der Waals surface area contributed by atoms with Gasteiger partial charge in [0, 0.05) is 35.9 Å². The van der Waals surface area contributed by atoms with Crippen LogP contribution in [0.25, 0.3) is 11.4 Å². The Morgan fingerprint density at radius 3 is 2.83 bits per heavy atom. The molecule has 3 rings (SSSR count). The van der Waals surface area contributed by atoms with Crippen LogP contribution < -0.4 is 10.6 Å². The molecule has 2 heterocycles. The van der Waals surface area contributed by atoms with Gasteiger partial charge in [-0.3, -0.25) is 4.68 Å². The van der Waals surface area contributed by atoms with Gasteiger partial charge in [0.1, 0.15) is 12.1 Å². The van der Waals surface area contributed by atoms with Crippen molar-refractivity contribution >= 4 is 41.5 Å². The Kier molecular flexibility index (Phi) is 8.62. The smallest absolute Gasteiger partial charge is 0.248 e. The number of aryl methyl sites for hydroxylation is 1. The average Bonchev–Trinajstić information content (AvgIpc) is 3.33. The van der Waals surface area contributed by atoms with Crippen LogP contribution in [0.2, 0.25) is 5.02 Å². The molecule has 30 heavy (non-hydrogen) atoms.